The van der Waals surface area contributed by atoms with Gasteiger partial charge in [-0.3, -0.25) is 10.1 Å². The van der Waals surface area contributed by atoms with Crippen LogP contribution in [0.2, 0.25) is 0 Å². The number of thiazole rings is 1. The summed E-state index contributed by atoms with van der Waals surface area (Å²) in [6.45, 7) is 8.30. The van der Waals surface area contributed by atoms with Crippen molar-refractivity contribution in [3.05, 3.63) is 95.4 Å². The molecule has 180 valence electrons. The highest BCUT2D eigenvalue weighted by molar-refractivity contribution is 7.14. The van der Waals surface area contributed by atoms with Gasteiger partial charge in [-0.05, 0) is 61.4 Å². The molecule has 0 fully saturated rings. The molecule has 1 amide bonds. The van der Waals surface area contributed by atoms with Gasteiger partial charge in [0.15, 0.2) is 11.7 Å². The second-order valence-corrected chi connectivity index (χ2v) is 9.94. The second kappa shape index (κ2) is 10.7. The number of benzene rings is 3. The van der Waals surface area contributed by atoms with Crippen molar-refractivity contribution in [2.75, 3.05) is 11.9 Å². The van der Waals surface area contributed by atoms with Gasteiger partial charge in [0.1, 0.15) is 11.5 Å². The Bertz CT molecular complexity index is 1250. The monoisotopic (exact) mass is 486 g/mol. The molecule has 0 atom stereocenters. The molecule has 0 radical (unpaired) electrons. The molecule has 0 aliphatic rings. The zero-order valence-corrected chi connectivity index (χ0v) is 21.3. The number of nitrogens with one attached hydrogen (secondary N) is 1. The van der Waals surface area contributed by atoms with E-state index in [9.17, 15) is 4.79 Å². The molecule has 0 spiro atoms. The van der Waals surface area contributed by atoms with E-state index in [2.05, 4.69) is 48.4 Å². The molecule has 1 heterocycles. The minimum absolute atomic E-state index is 0.0857. The first kappa shape index (κ1) is 24.5. The van der Waals surface area contributed by atoms with Gasteiger partial charge in [-0.1, -0.05) is 56.3 Å². The Balaban J connectivity index is 1.31. The van der Waals surface area contributed by atoms with Crippen molar-refractivity contribution < 1.29 is 14.3 Å². The van der Waals surface area contributed by atoms with Gasteiger partial charge in [-0.2, -0.15) is 0 Å². The van der Waals surface area contributed by atoms with Crippen molar-refractivity contribution in [1.29, 1.82) is 0 Å². The number of hydrogen-bond acceptors (Lipinski definition) is 5. The van der Waals surface area contributed by atoms with E-state index < -0.39 is 0 Å². The first-order valence-electron chi connectivity index (χ1n) is 11.6. The maximum absolute atomic E-state index is 12.4. The summed E-state index contributed by atoms with van der Waals surface area (Å²) in [5, 5.41) is 5.27. The summed E-state index contributed by atoms with van der Waals surface area (Å²) in [7, 11) is 0. The van der Waals surface area contributed by atoms with Gasteiger partial charge in [0.2, 0.25) is 0 Å². The summed E-state index contributed by atoms with van der Waals surface area (Å²) < 4.78 is 11.4. The SMILES string of the molecule is CC(C)Oc1ccc(-c2csc(NC(=O)COc3ccc(C(C)(C)c4ccccc4)cc3)n2)cc1. The Morgan fingerprint density at radius 1 is 0.914 bits per heavy atom. The Morgan fingerprint density at radius 3 is 2.20 bits per heavy atom. The molecule has 0 saturated carbocycles. The van der Waals surface area contributed by atoms with Gasteiger partial charge in [0.05, 0.1) is 11.8 Å². The summed E-state index contributed by atoms with van der Waals surface area (Å²) in [6.07, 6.45) is 0.128. The molecule has 4 rings (SSSR count). The van der Waals surface area contributed by atoms with Gasteiger partial charge in [0.25, 0.3) is 5.91 Å². The lowest BCUT2D eigenvalue weighted by molar-refractivity contribution is -0.118. The van der Waals surface area contributed by atoms with E-state index in [1.165, 1.54) is 22.5 Å². The van der Waals surface area contributed by atoms with Crippen LogP contribution in [0.5, 0.6) is 11.5 Å². The van der Waals surface area contributed by atoms with E-state index in [0.29, 0.717) is 10.9 Å². The first-order chi connectivity index (χ1) is 16.8. The number of rotatable bonds is 9. The van der Waals surface area contributed by atoms with E-state index in [1.807, 2.05) is 73.8 Å². The fourth-order valence-corrected chi connectivity index (χ4v) is 4.47. The average molecular weight is 487 g/mol. The van der Waals surface area contributed by atoms with Crippen molar-refractivity contribution >= 4 is 22.4 Å². The topological polar surface area (TPSA) is 60.5 Å². The number of amides is 1. The quantitative estimate of drug-likeness (QED) is 0.278. The summed E-state index contributed by atoms with van der Waals surface area (Å²) in [5.74, 6) is 1.22. The molecular weight excluding hydrogens is 456 g/mol. The molecule has 0 aliphatic carbocycles. The highest BCUT2D eigenvalue weighted by Crippen LogP contribution is 2.32. The molecule has 6 heteroatoms. The van der Waals surface area contributed by atoms with Gasteiger partial charge in [-0.25, -0.2) is 4.98 Å². The van der Waals surface area contributed by atoms with Gasteiger partial charge in [-0.15, -0.1) is 11.3 Å². The van der Waals surface area contributed by atoms with E-state index in [-0.39, 0.29) is 24.0 Å². The zero-order valence-electron chi connectivity index (χ0n) is 20.4. The van der Waals surface area contributed by atoms with Gasteiger partial charge < -0.3 is 9.47 Å². The fraction of sp³-hybridized carbons (Fsp3) is 0.241. The van der Waals surface area contributed by atoms with Crippen molar-refractivity contribution in [1.82, 2.24) is 4.98 Å². The normalized spacial score (nSPS) is 11.3. The van der Waals surface area contributed by atoms with E-state index in [1.54, 1.807) is 0 Å². The number of anilines is 1. The standard InChI is InChI=1S/C29H30N2O3S/c1-20(2)34-25-14-10-21(11-15-25)26-19-35-28(30-26)31-27(32)18-33-24-16-12-23(13-17-24)29(3,4)22-8-6-5-7-9-22/h5-17,19-20H,18H2,1-4H3,(H,30,31,32). The second-order valence-electron chi connectivity index (χ2n) is 9.08. The summed E-state index contributed by atoms with van der Waals surface area (Å²) in [5.41, 5.74) is 4.07. The smallest absolute Gasteiger partial charge is 0.264 e. The first-order valence-corrected chi connectivity index (χ1v) is 12.5. The van der Waals surface area contributed by atoms with Crippen molar-refractivity contribution in [3.8, 4) is 22.8 Å². The third-order valence-electron chi connectivity index (χ3n) is 5.71. The summed E-state index contributed by atoms with van der Waals surface area (Å²) in [4.78, 5) is 16.9. The predicted molar refractivity (Wildman–Crippen MR) is 142 cm³/mol. The van der Waals surface area contributed by atoms with E-state index in [0.717, 1.165) is 17.0 Å². The number of nitrogens with zero attached hydrogens (tertiary/aromatic N) is 1. The zero-order chi connectivity index (χ0) is 24.8. The van der Waals surface area contributed by atoms with Crippen LogP contribution in [0.15, 0.2) is 84.2 Å². The van der Waals surface area contributed by atoms with Crippen LogP contribution in [0.3, 0.4) is 0 Å². The number of aromatic nitrogens is 1. The Morgan fingerprint density at radius 2 is 1.54 bits per heavy atom. The van der Waals surface area contributed by atoms with Crippen LogP contribution in [-0.2, 0) is 10.2 Å². The van der Waals surface area contributed by atoms with E-state index >= 15 is 0 Å². The molecule has 35 heavy (non-hydrogen) atoms. The molecule has 1 N–H and O–H groups in total. The third kappa shape index (κ3) is 6.28. The Hall–Kier alpha value is -3.64. The van der Waals surface area contributed by atoms with Crippen molar-refractivity contribution in [2.45, 2.75) is 39.2 Å². The highest BCUT2D eigenvalue weighted by Gasteiger charge is 2.22. The minimum atomic E-state index is -0.250. The minimum Gasteiger partial charge on any atom is -0.491 e. The van der Waals surface area contributed by atoms with Crippen LogP contribution in [-0.4, -0.2) is 23.6 Å². The maximum atomic E-state index is 12.4. The lowest BCUT2D eigenvalue weighted by atomic mass is 9.78. The Labute approximate surface area is 210 Å². The Kier molecular flexibility index (Phi) is 7.51. The molecule has 3 aromatic carbocycles. The molecule has 0 saturated heterocycles. The third-order valence-corrected chi connectivity index (χ3v) is 6.47. The predicted octanol–water partition coefficient (Wildman–Crippen LogP) is 6.94. The molecule has 0 aliphatic heterocycles. The number of ether oxygens (including phenoxy) is 2. The molecule has 1 aromatic heterocycles. The summed E-state index contributed by atoms with van der Waals surface area (Å²) in [6, 6.07) is 26.1. The van der Waals surface area contributed by atoms with E-state index in [4.69, 9.17) is 9.47 Å². The van der Waals surface area contributed by atoms with Gasteiger partial charge in [0, 0.05) is 16.4 Å². The highest BCUT2D eigenvalue weighted by atomic mass is 32.1. The molecule has 5 nitrogen and oxygen atoms in total. The van der Waals surface area contributed by atoms with Crippen LogP contribution in [0.25, 0.3) is 11.3 Å². The summed E-state index contributed by atoms with van der Waals surface area (Å²) >= 11 is 1.38. The van der Waals surface area contributed by atoms with Crippen molar-refractivity contribution in [2.24, 2.45) is 0 Å². The average Bonchev–Trinajstić information content (AvgIpc) is 3.32. The largest absolute Gasteiger partial charge is 0.491 e. The maximum Gasteiger partial charge on any atom is 0.264 e. The fourth-order valence-electron chi connectivity index (χ4n) is 3.73. The van der Waals surface area contributed by atoms with Gasteiger partial charge >= 0.3 is 0 Å². The number of hydrogen-bond donors (Lipinski definition) is 1. The molecule has 4 aromatic rings. The molecule has 0 unspecified atom stereocenters. The van der Waals surface area contributed by atoms with Crippen LogP contribution in [0.4, 0.5) is 5.13 Å². The molecular formula is C29H30N2O3S. The van der Waals surface area contributed by atoms with Crippen LogP contribution in [0, 0.1) is 0 Å². The molecule has 0 bridgehead atoms. The lowest BCUT2D eigenvalue weighted by Crippen LogP contribution is -2.20. The number of carbonyl (C=O) groups excluding carboxylic acids is 1. The lowest BCUT2D eigenvalue weighted by Gasteiger charge is -2.26. The van der Waals surface area contributed by atoms with Crippen LogP contribution >= 0.6 is 11.3 Å². The van der Waals surface area contributed by atoms with Crippen LogP contribution in [0.1, 0.15) is 38.8 Å². The van der Waals surface area contributed by atoms with Crippen LogP contribution < -0.4 is 14.8 Å². The van der Waals surface area contributed by atoms with Crippen molar-refractivity contribution in [3.63, 3.8) is 0 Å². The number of carbonyl (C=O) groups is 1.